The van der Waals surface area contributed by atoms with Crippen LogP contribution in [-0.4, -0.2) is 23.7 Å². The normalized spacial score (nSPS) is 17.9. The van der Waals surface area contributed by atoms with E-state index in [1.165, 1.54) is 0 Å². The summed E-state index contributed by atoms with van der Waals surface area (Å²) in [6.45, 7) is 0. The Bertz CT molecular complexity index is 1240. The zero-order valence-electron chi connectivity index (χ0n) is 16.8. The Morgan fingerprint density at radius 3 is 1.44 bits per heavy atom. The molecule has 3 aromatic rings. The van der Waals surface area contributed by atoms with E-state index in [0.29, 0.717) is 0 Å². The monoisotopic (exact) mass is 420 g/mol. The van der Waals surface area contributed by atoms with E-state index in [1.807, 2.05) is 84.9 Å². The Balaban J connectivity index is 1.42. The van der Waals surface area contributed by atoms with Crippen molar-refractivity contribution in [3.63, 3.8) is 0 Å². The van der Waals surface area contributed by atoms with Gasteiger partial charge in [0.2, 0.25) is 11.8 Å². The fraction of sp³-hybridized carbons (Fsp3) is 0. The van der Waals surface area contributed by atoms with Crippen LogP contribution in [0.1, 0.15) is 22.3 Å². The average molecular weight is 420 g/mol. The van der Waals surface area contributed by atoms with Crippen LogP contribution >= 0.6 is 0 Å². The Morgan fingerprint density at radius 2 is 1.00 bits per heavy atom. The van der Waals surface area contributed by atoms with Crippen LogP contribution in [0.4, 0.5) is 0 Å². The number of carbonyl (C=O) groups is 2. The lowest BCUT2D eigenvalue weighted by Gasteiger charge is -1.98. The minimum absolute atomic E-state index is 0.207. The molecule has 3 aromatic carbocycles. The van der Waals surface area contributed by atoms with Gasteiger partial charge in [0.15, 0.2) is 11.4 Å². The van der Waals surface area contributed by atoms with Crippen molar-refractivity contribution in [1.82, 2.24) is 0 Å². The smallest absolute Gasteiger partial charge is 0.363 e. The van der Waals surface area contributed by atoms with Gasteiger partial charge in [0.25, 0.3) is 0 Å². The third-order valence-electron chi connectivity index (χ3n) is 4.80. The van der Waals surface area contributed by atoms with Gasteiger partial charge in [0.05, 0.1) is 0 Å². The van der Waals surface area contributed by atoms with Crippen LogP contribution < -0.4 is 0 Å². The predicted molar refractivity (Wildman–Crippen MR) is 121 cm³/mol. The maximum absolute atomic E-state index is 12.2. The standard InChI is InChI=1S/C26H16N2O4/c29-25-21(27-23(31-25)19-10-3-1-4-11-19)15-17-8-7-9-18(14-17)16-22-26(30)32-24(28-22)20-12-5-2-6-13-20/h1-16H/b21-15-,22-16-. The van der Waals surface area contributed by atoms with Crippen molar-refractivity contribution >= 4 is 35.9 Å². The van der Waals surface area contributed by atoms with E-state index in [2.05, 4.69) is 9.98 Å². The highest BCUT2D eigenvalue weighted by Crippen LogP contribution is 2.22. The molecule has 0 radical (unpaired) electrons. The number of hydrogen-bond donors (Lipinski definition) is 0. The molecule has 0 fully saturated rings. The van der Waals surface area contributed by atoms with Crippen LogP contribution in [-0.2, 0) is 19.1 Å². The molecule has 0 saturated carbocycles. The number of ether oxygens (including phenoxy) is 2. The number of aliphatic imine (C=N–C) groups is 2. The van der Waals surface area contributed by atoms with Crippen LogP contribution in [0.5, 0.6) is 0 Å². The first-order valence-corrected chi connectivity index (χ1v) is 9.92. The van der Waals surface area contributed by atoms with Gasteiger partial charge in [-0.05, 0) is 53.6 Å². The van der Waals surface area contributed by atoms with E-state index in [4.69, 9.17) is 9.47 Å². The molecule has 0 aliphatic carbocycles. The van der Waals surface area contributed by atoms with Crippen molar-refractivity contribution in [3.05, 3.63) is 119 Å². The fourth-order valence-electron chi connectivity index (χ4n) is 3.28. The zero-order valence-corrected chi connectivity index (χ0v) is 16.8. The molecule has 0 bridgehead atoms. The van der Waals surface area contributed by atoms with Crippen molar-refractivity contribution in [3.8, 4) is 0 Å². The molecule has 32 heavy (non-hydrogen) atoms. The second-order valence-corrected chi connectivity index (χ2v) is 7.07. The average Bonchev–Trinajstić information content (AvgIpc) is 3.37. The molecule has 0 atom stereocenters. The maximum atomic E-state index is 12.2. The van der Waals surface area contributed by atoms with E-state index in [1.54, 1.807) is 12.2 Å². The molecule has 0 unspecified atom stereocenters. The number of nitrogens with zero attached hydrogens (tertiary/aromatic N) is 2. The second kappa shape index (κ2) is 8.28. The molecule has 0 N–H and O–H groups in total. The largest absolute Gasteiger partial charge is 0.402 e. The summed E-state index contributed by atoms with van der Waals surface area (Å²) in [6, 6.07) is 25.8. The van der Waals surface area contributed by atoms with Gasteiger partial charge in [0, 0.05) is 11.1 Å². The molecule has 2 aliphatic heterocycles. The molecule has 5 rings (SSSR count). The SMILES string of the molecule is O=C1OC(c2ccccc2)=N/C1=C\c1cccc(/C=C2\N=C(c3ccccc3)OC2=O)c1. The summed E-state index contributed by atoms with van der Waals surface area (Å²) < 4.78 is 10.6. The lowest BCUT2D eigenvalue weighted by Crippen LogP contribution is -2.05. The molecule has 2 heterocycles. The van der Waals surface area contributed by atoms with Gasteiger partial charge in [0.1, 0.15) is 0 Å². The van der Waals surface area contributed by atoms with Crippen molar-refractivity contribution in [1.29, 1.82) is 0 Å². The second-order valence-electron chi connectivity index (χ2n) is 7.07. The third-order valence-corrected chi connectivity index (χ3v) is 4.80. The Labute approximate surface area is 183 Å². The number of hydrogen-bond acceptors (Lipinski definition) is 6. The van der Waals surface area contributed by atoms with Gasteiger partial charge in [-0.3, -0.25) is 0 Å². The topological polar surface area (TPSA) is 77.3 Å². The first-order chi connectivity index (χ1) is 15.7. The molecule has 0 amide bonds. The highest BCUT2D eigenvalue weighted by atomic mass is 16.6. The van der Waals surface area contributed by atoms with Crippen molar-refractivity contribution < 1.29 is 19.1 Å². The molecular weight excluding hydrogens is 404 g/mol. The molecule has 2 aliphatic rings. The van der Waals surface area contributed by atoms with Gasteiger partial charge in [-0.25, -0.2) is 19.6 Å². The number of rotatable bonds is 4. The predicted octanol–water partition coefficient (Wildman–Crippen LogP) is 4.38. The summed E-state index contributed by atoms with van der Waals surface area (Å²) in [6.07, 6.45) is 3.29. The molecule has 6 nitrogen and oxygen atoms in total. The summed E-state index contributed by atoms with van der Waals surface area (Å²) in [4.78, 5) is 33.1. The Hall–Kier alpha value is -4.58. The highest BCUT2D eigenvalue weighted by Gasteiger charge is 2.25. The Morgan fingerprint density at radius 1 is 0.562 bits per heavy atom. The lowest BCUT2D eigenvalue weighted by molar-refractivity contribution is -0.130. The minimum atomic E-state index is -0.510. The number of cyclic esters (lactones) is 2. The minimum Gasteiger partial charge on any atom is -0.402 e. The summed E-state index contributed by atoms with van der Waals surface area (Å²) in [7, 11) is 0. The van der Waals surface area contributed by atoms with E-state index in [0.717, 1.165) is 22.3 Å². The zero-order chi connectivity index (χ0) is 21.9. The van der Waals surface area contributed by atoms with Gasteiger partial charge in [-0.2, -0.15) is 0 Å². The van der Waals surface area contributed by atoms with Crippen LogP contribution in [0.25, 0.3) is 12.2 Å². The quantitative estimate of drug-likeness (QED) is 0.464. The maximum Gasteiger partial charge on any atom is 0.363 e. The molecule has 0 aromatic heterocycles. The van der Waals surface area contributed by atoms with Crippen LogP contribution in [0.15, 0.2) is 106 Å². The van der Waals surface area contributed by atoms with Gasteiger partial charge >= 0.3 is 11.9 Å². The highest BCUT2D eigenvalue weighted by molar-refractivity contribution is 6.13. The number of carbonyl (C=O) groups excluding carboxylic acids is 2. The molecule has 6 heteroatoms. The molecule has 154 valence electrons. The third kappa shape index (κ3) is 4.02. The number of esters is 2. The molecule has 0 spiro atoms. The summed E-state index contributed by atoms with van der Waals surface area (Å²) in [5, 5.41) is 0. The molecular formula is C26H16N2O4. The van der Waals surface area contributed by atoms with E-state index in [9.17, 15) is 9.59 Å². The van der Waals surface area contributed by atoms with Crippen LogP contribution in [0.2, 0.25) is 0 Å². The van der Waals surface area contributed by atoms with E-state index in [-0.39, 0.29) is 23.2 Å². The Kier molecular flexibility index (Phi) is 5.01. The van der Waals surface area contributed by atoms with Crippen LogP contribution in [0, 0.1) is 0 Å². The van der Waals surface area contributed by atoms with Crippen LogP contribution in [0.3, 0.4) is 0 Å². The first kappa shape index (κ1) is 19.4. The van der Waals surface area contributed by atoms with Crippen molar-refractivity contribution in [2.45, 2.75) is 0 Å². The van der Waals surface area contributed by atoms with Gasteiger partial charge < -0.3 is 9.47 Å². The first-order valence-electron chi connectivity index (χ1n) is 9.92. The molecule has 0 saturated heterocycles. The van der Waals surface area contributed by atoms with Gasteiger partial charge in [-0.15, -0.1) is 0 Å². The summed E-state index contributed by atoms with van der Waals surface area (Å²) in [5.74, 6) is -0.471. The fourth-order valence-corrected chi connectivity index (χ4v) is 3.28. The lowest BCUT2D eigenvalue weighted by atomic mass is 10.1. The summed E-state index contributed by atoms with van der Waals surface area (Å²) >= 11 is 0. The summed E-state index contributed by atoms with van der Waals surface area (Å²) in [5.41, 5.74) is 3.35. The van der Waals surface area contributed by atoms with Crippen molar-refractivity contribution in [2.24, 2.45) is 9.98 Å². The van der Waals surface area contributed by atoms with E-state index >= 15 is 0 Å². The van der Waals surface area contributed by atoms with E-state index < -0.39 is 11.9 Å². The van der Waals surface area contributed by atoms with Crippen molar-refractivity contribution in [2.75, 3.05) is 0 Å². The van der Waals surface area contributed by atoms with Gasteiger partial charge in [-0.1, -0.05) is 54.6 Å². The number of benzene rings is 3.